The SMILES string of the molecule is CC(CC(=O)O)c1ccc2c(ccn2C2CCC2)c1. The second-order valence-corrected chi connectivity index (χ2v) is 5.62. The fraction of sp³-hybridized carbons (Fsp3) is 0.438. The van der Waals surface area contributed by atoms with Crippen molar-refractivity contribution < 1.29 is 9.90 Å². The van der Waals surface area contributed by atoms with Crippen molar-refractivity contribution in [2.75, 3.05) is 0 Å². The van der Waals surface area contributed by atoms with E-state index in [1.54, 1.807) is 0 Å². The molecule has 2 aromatic rings. The first kappa shape index (κ1) is 12.3. The fourth-order valence-corrected chi connectivity index (χ4v) is 2.85. The number of carbonyl (C=O) groups is 1. The van der Waals surface area contributed by atoms with Crippen molar-refractivity contribution in [3.8, 4) is 0 Å². The zero-order chi connectivity index (χ0) is 13.4. The first-order valence-corrected chi connectivity index (χ1v) is 6.97. The molecule has 3 nitrogen and oxygen atoms in total. The third-order valence-electron chi connectivity index (χ3n) is 4.26. The number of rotatable bonds is 4. The monoisotopic (exact) mass is 257 g/mol. The second kappa shape index (κ2) is 4.72. The number of benzene rings is 1. The molecule has 1 fully saturated rings. The van der Waals surface area contributed by atoms with Crippen LogP contribution in [0.15, 0.2) is 30.5 Å². The van der Waals surface area contributed by atoms with E-state index in [1.165, 1.54) is 30.2 Å². The zero-order valence-electron chi connectivity index (χ0n) is 11.2. The topological polar surface area (TPSA) is 42.2 Å². The van der Waals surface area contributed by atoms with Crippen LogP contribution in [-0.2, 0) is 4.79 Å². The molecule has 0 bridgehead atoms. The Morgan fingerprint density at radius 2 is 2.21 bits per heavy atom. The summed E-state index contributed by atoms with van der Waals surface area (Å²) in [6.07, 6.45) is 6.24. The van der Waals surface area contributed by atoms with Crippen LogP contribution < -0.4 is 0 Å². The van der Waals surface area contributed by atoms with Crippen LogP contribution in [0, 0.1) is 0 Å². The third kappa shape index (κ3) is 2.25. The maximum Gasteiger partial charge on any atom is 0.303 e. The van der Waals surface area contributed by atoms with Gasteiger partial charge in [0, 0.05) is 17.8 Å². The highest BCUT2D eigenvalue weighted by Crippen LogP contribution is 2.35. The minimum absolute atomic E-state index is 0.0638. The van der Waals surface area contributed by atoms with Gasteiger partial charge in [0.1, 0.15) is 0 Å². The van der Waals surface area contributed by atoms with Gasteiger partial charge in [0.2, 0.25) is 0 Å². The van der Waals surface area contributed by atoms with Crippen LogP contribution in [0.5, 0.6) is 0 Å². The van der Waals surface area contributed by atoms with Crippen LogP contribution in [0.2, 0.25) is 0 Å². The number of nitrogens with zero attached hydrogens (tertiary/aromatic N) is 1. The lowest BCUT2D eigenvalue weighted by atomic mass is 9.92. The van der Waals surface area contributed by atoms with Crippen molar-refractivity contribution in [3.05, 3.63) is 36.0 Å². The zero-order valence-corrected chi connectivity index (χ0v) is 11.2. The summed E-state index contributed by atoms with van der Waals surface area (Å²) in [6.45, 7) is 1.97. The van der Waals surface area contributed by atoms with E-state index < -0.39 is 5.97 Å². The summed E-state index contributed by atoms with van der Waals surface area (Å²) in [5.74, 6) is -0.673. The largest absolute Gasteiger partial charge is 0.481 e. The second-order valence-electron chi connectivity index (χ2n) is 5.62. The fourth-order valence-electron chi connectivity index (χ4n) is 2.85. The van der Waals surface area contributed by atoms with Crippen molar-refractivity contribution in [1.82, 2.24) is 4.57 Å². The maximum absolute atomic E-state index is 10.8. The minimum Gasteiger partial charge on any atom is -0.481 e. The van der Waals surface area contributed by atoms with Gasteiger partial charge in [-0.1, -0.05) is 13.0 Å². The smallest absolute Gasteiger partial charge is 0.303 e. The average molecular weight is 257 g/mol. The Kier molecular flexibility index (Phi) is 3.05. The van der Waals surface area contributed by atoms with E-state index >= 15 is 0 Å². The van der Waals surface area contributed by atoms with Gasteiger partial charge in [-0.15, -0.1) is 0 Å². The number of aromatic nitrogens is 1. The van der Waals surface area contributed by atoms with Gasteiger partial charge in [-0.25, -0.2) is 0 Å². The summed E-state index contributed by atoms with van der Waals surface area (Å²) in [7, 11) is 0. The molecule has 3 heteroatoms. The van der Waals surface area contributed by atoms with Crippen LogP contribution >= 0.6 is 0 Å². The molecule has 19 heavy (non-hydrogen) atoms. The lowest BCUT2D eigenvalue weighted by molar-refractivity contribution is -0.137. The number of carboxylic acid groups (broad SMARTS) is 1. The van der Waals surface area contributed by atoms with Gasteiger partial charge < -0.3 is 9.67 Å². The molecule has 0 aliphatic heterocycles. The Hall–Kier alpha value is -1.77. The predicted molar refractivity (Wildman–Crippen MR) is 75.5 cm³/mol. The van der Waals surface area contributed by atoms with E-state index in [-0.39, 0.29) is 12.3 Å². The molecule has 1 aliphatic carbocycles. The summed E-state index contributed by atoms with van der Waals surface area (Å²) in [6, 6.07) is 9.16. The van der Waals surface area contributed by atoms with Gasteiger partial charge in [0.15, 0.2) is 0 Å². The summed E-state index contributed by atoms with van der Waals surface area (Å²) < 4.78 is 2.37. The number of carboxylic acids is 1. The van der Waals surface area contributed by atoms with Crippen LogP contribution in [0.3, 0.4) is 0 Å². The Bertz CT molecular complexity index is 610. The molecule has 1 aromatic carbocycles. The molecule has 0 saturated heterocycles. The van der Waals surface area contributed by atoms with E-state index in [1.807, 2.05) is 6.92 Å². The molecule has 100 valence electrons. The molecule has 1 unspecified atom stereocenters. The Morgan fingerprint density at radius 3 is 2.84 bits per heavy atom. The molecule has 0 amide bonds. The standard InChI is InChI=1S/C16H19NO2/c1-11(9-16(18)19)12-5-6-15-13(10-12)7-8-17(15)14-3-2-4-14/h5-8,10-11,14H,2-4,9H2,1H3,(H,18,19). The van der Waals surface area contributed by atoms with Crippen LogP contribution in [0.25, 0.3) is 10.9 Å². The molecule has 1 saturated carbocycles. The number of hydrogen-bond donors (Lipinski definition) is 1. The maximum atomic E-state index is 10.8. The number of fused-ring (bicyclic) bond motifs is 1. The highest BCUT2D eigenvalue weighted by Gasteiger charge is 2.20. The predicted octanol–water partition coefficient (Wildman–Crippen LogP) is 3.94. The van der Waals surface area contributed by atoms with Crippen molar-refractivity contribution in [2.45, 2.75) is 44.6 Å². The first-order valence-electron chi connectivity index (χ1n) is 6.97. The molecule has 1 aromatic heterocycles. The first-order chi connectivity index (χ1) is 9.15. The molecule has 0 radical (unpaired) electrons. The highest BCUT2D eigenvalue weighted by molar-refractivity contribution is 5.81. The molecule has 1 heterocycles. The average Bonchev–Trinajstić information content (AvgIpc) is 2.69. The van der Waals surface area contributed by atoms with Crippen LogP contribution in [0.1, 0.15) is 50.1 Å². The van der Waals surface area contributed by atoms with Gasteiger partial charge in [-0.3, -0.25) is 4.79 Å². The quantitative estimate of drug-likeness (QED) is 0.901. The van der Waals surface area contributed by atoms with Crippen molar-refractivity contribution in [1.29, 1.82) is 0 Å². The van der Waals surface area contributed by atoms with Crippen LogP contribution in [-0.4, -0.2) is 15.6 Å². The Morgan fingerprint density at radius 1 is 1.42 bits per heavy atom. The van der Waals surface area contributed by atoms with E-state index in [9.17, 15) is 4.79 Å². The molecule has 1 atom stereocenters. The minimum atomic E-state index is -0.736. The Labute approximate surface area is 112 Å². The molecule has 3 rings (SSSR count). The van der Waals surface area contributed by atoms with Crippen LogP contribution in [0.4, 0.5) is 0 Å². The lowest BCUT2D eigenvalue weighted by Crippen LogP contribution is -2.15. The summed E-state index contributed by atoms with van der Waals surface area (Å²) in [5, 5.41) is 10.1. The van der Waals surface area contributed by atoms with Gasteiger partial charge in [0.25, 0.3) is 0 Å². The summed E-state index contributed by atoms with van der Waals surface area (Å²) in [5.41, 5.74) is 2.39. The van der Waals surface area contributed by atoms with Crippen molar-refractivity contribution in [2.24, 2.45) is 0 Å². The van der Waals surface area contributed by atoms with E-state index in [2.05, 4.69) is 35.0 Å². The third-order valence-corrected chi connectivity index (χ3v) is 4.26. The van der Waals surface area contributed by atoms with Gasteiger partial charge in [-0.2, -0.15) is 0 Å². The molecule has 0 spiro atoms. The van der Waals surface area contributed by atoms with Crippen molar-refractivity contribution >= 4 is 16.9 Å². The van der Waals surface area contributed by atoms with E-state index in [0.717, 1.165) is 5.56 Å². The number of aliphatic carboxylic acids is 1. The summed E-state index contributed by atoms with van der Waals surface area (Å²) in [4.78, 5) is 10.8. The molecule has 1 N–H and O–H groups in total. The van der Waals surface area contributed by atoms with Gasteiger partial charge >= 0.3 is 5.97 Å². The Balaban J connectivity index is 1.91. The van der Waals surface area contributed by atoms with E-state index in [0.29, 0.717) is 6.04 Å². The number of hydrogen-bond acceptors (Lipinski definition) is 1. The molecule has 1 aliphatic rings. The molecular formula is C16H19NO2. The lowest BCUT2D eigenvalue weighted by Gasteiger charge is -2.28. The van der Waals surface area contributed by atoms with Gasteiger partial charge in [0.05, 0.1) is 6.42 Å². The molecular weight excluding hydrogens is 238 g/mol. The van der Waals surface area contributed by atoms with E-state index in [4.69, 9.17) is 5.11 Å². The highest BCUT2D eigenvalue weighted by atomic mass is 16.4. The summed E-state index contributed by atoms with van der Waals surface area (Å²) >= 11 is 0. The van der Waals surface area contributed by atoms with Crippen molar-refractivity contribution in [3.63, 3.8) is 0 Å². The van der Waals surface area contributed by atoms with Gasteiger partial charge in [-0.05, 0) is 54.3 Å². The normalized spacial score (nSPS) is 17.3.